The van der Waals surface area contributed by atoms with Gasteiger partial charge in [-0.3, -0.25) is 4.79 Å². The number of benzene rings is 1. The lowest BCUT2D eigenvalue weighted by Crippen LogP contribution is -2.32. The smallest absolute Gasteiger partial charge is 0.225 e. The number of fused-ring (bicyclic) bond motifs is 3. The number of rotatable bonds is 5. The molecule has 0 radical (unpaired) electrons. The average Bonchev–Trinajstić information content (AvgIpc) is 3.21. The molecule has 1 atom stereocenters. The molecule has 2 aromatic heterocycles. The van der Waals surface area contributed by atoms with Crippen LogP contribution in [0.2, 0.25) is 0 Å². The van der Waals surface area contributed by atoms with Crippen molar-refractivity contribution in [3.8, 4) is 5.75 Å². The van der Waals surface area contributed by atoms with Gasteiger partial charge in [0.2, 0.25) is 5.91 Å². The minimum atomic E-state index is 0.0409. The first-order valence-electron chi connectivity index (χ1n) is 12.0. The van der Waals surface area contributed by atoms with Crippen LogP contribution in [0.15, 0.2) is 18.5 Å². The molecule has 180 valence electrons. The molecule has 3 heterocycles. The second-order valence-electron chi connectivity index (χ2n) is 9.57. The Kier molecular flexibility index (Phi) is 6.44. The van der Waals surface area contributed by atoms with Crippen LogP contribution in [0.3, 0.4) is 0 Å². The normalized spacial score (nSPS) is 18.5. The molecule has 1 aliphatic carbocycles. The van der Waals surface area contributed by atoms with Crippen LogP contribution < -0.4 is 10.1 Å². The van der Waals surface area contributed by atoms with E-state index < -0.39 is 0 Å². The first kappa shape index (κ1) is 23.1. The van der Waals surface area contributed by atoms with Crippen LogP contribution >= 0.6 is 11.3 Å². The number of nitrogens with zero attached hydrogens (tertiary/aromatic N) is 3. The average molecular weight is 481 g/mol. The topological polar surface area (TPSA) is 76.6 Å². The summed E-state index contributed by atoms with van der Waals surface area (Å²) in [6.07, 6.45) is 6.06. The van der Waals surface area contributed by atoms with Crippen LogP contribution in [0.5, 0.6) is 5.75 Å². The zero-order chi connectivity index (χ0) is 23.8. The molecule has 7 nitrogen and oxygen atoms in total. The van der Waals surface area contributed by atoms with Crippen molar-refractivity contribution in [2.24, 2.45) is 5.92 Å². The van der Waals surface area contributed by atoms with E-state index in [1.54, 1.807) is 22.6 Å². The third-order valence-electron chi connectivity index (χ3n) is 6.95. The Morgan fingerprint density at radius 2 is 1.91 bits per heavy atom. The molecule has 1 amide bonds. The summed E-state index contributed by atoms with van der Waals surface area (Å²) in [5.74, 6) is 1.90. The lowest BCUT2D eigenvalue weighted by Gasteiger charge is -2.25. The van der Waals surface area contributed by atoms with Crippen molar-refractivity contribution < 1.29 is 14.3 Å². The monoisotopic (exact) mass is 480 g/mol. The Bertz CT molecular complexity index is 1220. The summed E-state index contributed by atoms with van der Waals surface area (Å²) >= 11 is 1.69. The van der Waals surface area contributed by atoms with Gasteiger partial charge in [0.05, 0.1) is 24.3 Å². The number of hydrogen-bond acceptors (Lipinski definition) is 7. The molecule has 1 fully saturated rings. The van der Waals surface area contributed by atoms with Crippen LogP contribution in [0.1, 0.15) is 40.8 Å². The summed E-state index contributed by atoms with van der Waals surface area (Å²) in [7, 11) is 3.67. The number of thiophene rings is 1. The van der Waals surface area contributed by atoms with E-state index in [-0.39, 0.29) is 17.9 Å². The van der Waals surface area contributed by atoms with Crippen molar-refractivity contribution in [1.82, 2.24) is 14.9 Å². The van der Waals surface area contributed by atoms with E-state index in [4.69, 9.17) is 9.47 Å². The van der Waals surface area contributed by atoms with Gasteiger partial charge in [-0.05, 0) is 61.9 Å². The van der Waals surface area contributed by atoms with Gasteiger partial charge in [-0.2, -0.15) is 0 Å². The minimum Gasteiger partial charge on any atom is -0.488 e. The van der Waals surface area contributed by atoms with Crippen molar-refractivity contribution in [1.29, 1.82) is 0 Å². The molecule has 2 aliphatic rings. The van der Waals surface area contributed by atoms with Gasteiger partial charge in [-0.1, -0.05) is 0 Å². The molecule has 1 unspecified atom stereocenters. The highest BCUT2D eigenvalue weighted by molar-refractivity contribution is 7.19. The molecule has 8 heteroatoms. The first-order chi connectivity index (χ1) is 16.4. The maximum Gasteiger partial charge on any atom is 0.225 e. The number of ether oxygens (including phenoxy) is 2. The predicted molar refractivity (Wildman–Crippen MR) is 135 cm³/mol. The highest BCUT2D eigenvalue weighted by Gasteiger charge is 2.30. The second kappa shape index (κ2) is 9.50. The minimum absolute atomic E-state index is 0.0409. The molecule has 0 saturated carbocycles. The van der Waals surface area contributed by atoms with Crippen molar-refractivity contribution >= 4 is 39.0 Å². The van der Waals surface area contributed by atoms with Gasteiger partial charge in [-0.15, -0.1) is 11.3 Å². The standard InChI is InChI=1S/C26H32N4O3S/c1-15-11-20(21(12-16(15)2)33-18-7-9-32-10-8-18)29-24-23-19-6-5-17(26(31)30(3)4)13-22(19)34-25(23)28-14-27-24/h11-12,14,17-18H,5-10,13H2,1-4H3,(H,27,28,29). The maximum absolute atomic E-state index is 12.6. The summed E-state index contributed by atoms with van der Waals surface area (Å²) < 4.78 is 11.9. The van der Waals surface area contributed by atoms with Crippen LogP contribution in [0, 0.1) is 19.8 Å². The van der Waals surface area contributed by atoms with Gasteiger partial charge < -0.3 is 19.7 Å². The number of carbonyl (C=O) groups excluding carboxylic acids is 1. The Morgan fingerprint density at radius 1 is 1.15 bits per heavy atom. The van der Waals surface area contributed by atoms with Gasteiger partial charge in [0.15, 0.2) is 0 Å². The van der Waals surface area contributed by atoms with Crippen LogP contribution in [-0.4, -0.2) is 54.2 Å². The summed E-state index contributed by atoms with van der Waals surface area (Å²) in [6.45, 7) is 5.70. The van der Waals surface area contributed by atoms with Crippen LogP contribution in [0.25, 0.3) is 10.2 Å². The third-order valence-corrected chi connectivity index (χ3v) is 8.11. The Hall–Kier alpha value is -2.71. The molecule has 1 aliphatic heterocycles. The molecule has 3 aromatic rings. The number of nitrogens with one attached hydrogen (secondary N) is 1. The molecular formula is C26H32N4O3S. The number of aromatic nitrogens is 2. The largest absolute Gasteiger partial charge is 0.488 e. The van der Waals surface area contributed by atoms with Gasteiger partial charge in [-0.25, -0.2) is 9.97 Å². The summed E-state index contributed by atoms with van der Waals surface area (Å²) in [5, 5.41) is 4.66. The lowest BCUT2D eigenvalue weighted by atomic mass is 9.87. The maximum atomic E-state index is 12.6. The second-order valence-corrected chi connectivity index (χ2v) is 10.6. The van der Waals surface area contributed by atoms with Crippen molar-refractivity contribution in [3.05, 3.63) is 40.0 Å². The Labute approximate surface area is 204 Å². The Morgan fingerprint density at radius 3 is 2.68 bits per heavy atom. The molecule has 34 heavy (non-hydrogen) atoms. The van der Waals surface area contributed by atoms with Gasteiger partial charge in [0, 0.05) is 37.7 Å². The Balaban J connectivity index is 1.48. The molecule has 1 saturated heterocycles. The fraction of sp³-hybridized carbons (Fsp3) is 0.500. The van der Waals surface area contributed by atoms with E-state index in [9.17, 15) is 4.79 Å². The molecular weight excluding hydrogens is 448 g/mol. The van der Waals surface area contributed by atoms with Crippen LogP contribution in [-0.2, 0) is 22.4 Å². The van der Waals surface area contributed by atoms with E-state index in [0.29, 0.717) is 0 Å². The molecule has 0 bridgehead atoms. The van der Waals surface area contributed by atoms with E-state index >= 15 is 0 Å². The first-order valence-corrected chi connectivity index (χ1v) is 12.8. The van der Waals surface area contributed by atoms with Crippen molar-refractivity contribution in [2.45, 2.75) is 52.1 Å². The van der Waals surface area contributed by atoms with Gasteiger partial charge in [0.1, 0.15) is 28.8 Å². The summed E-state index contributed by atoms with van der Waals surface area (Å²) in [6, 6.07) is 4.26. The highest BCUT2D eigenvalue weighted by Crippen LogP contribution is 2.42. The van der Waals surface area contributed by atoms with Gasteiger partial charge >= 0.3 is 0 Å². The number of hydrogen-bond donors (Lipinski definition) is 1. The van der Waals surface area contributed by atoms with Gasteiger partial charge in [0.25, 0.3) is 0 Å². The predicted octanol–water partition coefficient (Wildman–Crippen LogP) is 4.80. The van der Waals surface area contributed by atoms with Crippen molar-refractivity contribution in [2.75, 3.05) is 32.6 Å². The number of amides is 1. The van der Waals surface area contributed by atoms with E-state index in [1.165, 1.54) is 21.6 Å². The van der Waals surface area contributed by atoms with Crippen LogP contribution in [0.4, 0.5) is 11.5 Å². The summed E-state index contributed by atoms with van der Waals surface area (Å²) in [5.41, 5.74) is 4.60. The fourth-order valence-corrected chi connectivity index (χ4v) is 6.13. The van der Waals surface area contributed by atoms with Crippen molar-refractivity contribution in [3.63, 3.8) is 0 Å². The van der Waals surface area contributed by atoms with E-state index in [2.05, 4.69) is 41.3 Å². The molecule has 1 aromatic carbocycles. The van der Waals surface area contributed by atoms with E-state index in [1.807, 2.05) is 14.1 Å². The lowest BCUT2D eigenvalue weighted by molar-refractivity contribution is -0.133. The zero-order valence-electron chi connectivity index (χ0n) is 20.3. The zero-order valence-corrected chi connectivity index (χ0v) is 21.1. The molecule has 0 spiro atoms. The number of anilines is 2. The number of carbonyl (C=O) groups is 1. The molecule has 5 rings (SSSR count). The van der Waals surface area contributed by atoms with E-state index in [0.717, 1.165) is 72.8 Å². The third kappa shape index (κ3) is 4.49. The SMILES string of the molecule is Cc1cc(Nc2ncnc3sc4c(c23)CCC(C(=O)N(C)C)C4)c(OC2CCOCC2)cc1C. The quantitative estimate of drug-likeness (QED) is 0.565. The highest BCUT2D eigenvalue weighted by atomic mass is 32.1. The number of aryl methyl sites for hydroxylation is 3. The fourth-order valence-electron chi connectivity index (χ4n) is 4.87. The molecule has 1 N–H and O–H groups in total. The summed E-state index contributed by atoms with van der Waals surface area (Å²) in [4.78, 5) is 25.7.